The van der Waals surface area contributed by atoms with Crippen LogP contribution in [-0.4, -0.2) is 13.1 Å². The molecular weight excluding hydrogens is 318 g/mol. The van der Waals surface area contributed by atoms with Crippen molar-refractivity contribution in [3.63, 3.8) is 0 Å². The third-order valence-electron chi connectivity index (χ3n) is 3.04. The third-order valence-corrected chi connectivity index (χ3v) is 3.53. The van der Waals surface area contributed by atoms with E-state index in [1.54, 1.807) is 12.1 Å². The minimum Gasteiger partial charge on any atom is -0.465 e. The molecule has 3 nitrogen and oxygen atoms in total. The molecule has 2 aromatic carbocycles. The van der Waals surface area contributed by atoms with Gasteiger partial charge in [-0.2, -0.15) is 0 Å². The van der Waals surface area contributed by atoms with Crippen LogP contribution in [0.25, 0.3) is 0 Å². The van der Waals surface area contributed by atoms with Crippen molar-refractivity contribution in [2.24, 2.45) is 0 Å². The van der Waals surface area contributed by atoms with Crippen LogP contribution in [0.5, 0.6) is 0 Å². The first-order chi connectivity index (χ1) is 9.60. The van der Waals surface area contributed by atoms with E-state index in [0.29, 0.717) is 5.56 Å². The Labute approximate surface area is 127 Å². The van der Waals surface area contributed by atoms with Gasteiger partial charge in [-0.25, -0.2) is 4.79 Å². The Bertz CT molecular complexity index is 596. The van der Waals surface area contributed by atoms with Crippen LogP contribution in [0.2, 0.25) is 0 Å². The number of esters is 1. The Morgan fingerprint density at radius 1 is 1.20 bits per heavy atom. The SMILES string of the molecule is COC(=O)c1ccc(NC(C)c2cccc(Br)c2)cc1. The lowest BCUT2D eigenvalue weighted by Gasteiger charge is -2.16. The molecule has 1 unspecified atom stereocenters. The molecule has 0 heterocycles. The van der Waals surface area contributed by atoms with Crippen molar-refractivity contribution in [3.05, 3.63) is 64.1 Å². The van der Waals surface area contributed by atoms with Crippen molar-refractivity contribution in [2.45, 2.75) is 13.0 Å². The molecule has 0 spiro atoms. The topological polar surface area (TPSA) is 38.3 Å². The normalized spacial score (nSPS) is 11.8. The van der Waals surface area contributed by atoms with Gasteiger partial charge in [0.05, 0.1) is 12.7 Å². The number of carbonyl (C=O) groups excluding carboxylic acids is 1. The van der Waals surface area contributed by atoms with E-state index >= 15 is 0 Å². The molecule has 0 aromatic heterocycles. The maximum absolute atomic E-state index is 11.4. The average molecular weight is 334 g/mol. The smallest absolute Gasteiger partial charge is 0.337 e. The minimum atomic E-state index is -0.323. The first-order valence-electron chi connectivity index (χ1n) is 6.30. The molecule has 0 bridgehead atoms. The predicted molar refractivity (Wildman–Crippen MR) is 84.0 cm³/mol. The summed E-state index contributed by atoms with van der Waals surface area (Å²) >= 11 is 3.47. The van der Waals surface area contributed by atoms with E-state index in [4.69, 9.17) is 0 Å². The summed E-state index contributed by atoms with van der Waals surface area (Å²) in [5.41, 5.74) is 2.70. The second kappa shape index (κ2) is 6.57. The lowest BCUT2D eigenvalue weighted by Crippen LogP contribution is -2.07. The number of hydrogen-bond acceptors (Lipinski definition) is 3. The zero-order chi connectivity index (χ0) is 14.5. The van der Waals surface area contributed by atoms with Gasteiger partial charge in [-0.3, -0.25) is 0 Å². The zero-order valence-electron chi connectivity index (χ0n) is 11.4. The fraction of sp³-hybridized carbons (Fsp3) is 0.188. The number of hydrogen-bond donors (Lipinski definition) is 1. The molecule has 0 radical (unpaired) electrons. The second-order valence-electron chi connectivity index (χ2n) is 4.49. The van der Waals surface area contributed by atoms with Crippen molar-refractivity contribution in [3.8, 4) is 0 Å². The Morgan fingerprint density at radius 3 is 2.50 bits per heavy atom. The molecule has 0 fully saturated rings. The van der Waals surface area contributed by atoms with Crippen LogP contribution >= 0.6 is 15.9 Å². The average Bonchev–Trinajstić information content (AvgIpc) is 2.47. The Balaban J connectivity index is 2.08. The molecule has 0 amide bonds. The van der Waals surface area contributed by atoms with Crippen molar-refractivity contribution in [1.82, 2.24) is 0 Å². The molecule has 2 rings (SSSR count). The van der Waals surface area contributed by atoms with E-state index in [2.05, 4.69) is 45.0 Å². The third kappa shape index (κ3) is 3.61. The molecule has 0 aliphatic carbocycles. The van der Waals surface area contributed by atoms with Crippen molar-refractivity contribution >= 4 is 27.6 Å². The first-order valence-corrected chi connectivity index (χ1v) is 7.10. The van der Waals surface area contributed by atoms with Crippen LogP contribution in [0.3, 0.4) is 0 Å². The highest BCUT2D eigenvalue weighted by Gasteiger charge is 2.07. The van der Waals surface area contributed by atoms with Gasteiger partial charge in [0.15, 0.2) is 0 Å². The summed E-state index contributed by atoms with van der Waals surface area (Å²) in [4.78, 5) is 11.4. The fourth-order valence-corrected chi connectivity index (χ4v) is 2.35. The summed E-state index contributed by atoms with van der Waals surface area (Å²) in [5, 5.41) is 3.40. The van der Waals surface area contributed by atoms with Gasteiger partial charge in [-0.15, -0.1) is 0 Å². The van der Waals surface area contributed by atoms with Gasteiger partial charge in [0, 0.05) is 16.2 Å². The standard InChI is InChI=1S/C16H16BrNO2/c1-11(13-4-3-5-14(17)10-13)18-15-8-6-12(7-9-15)16(19)20-2/h3-11,18H,1-2H3. The maximum Gasteiger partial charge on any atom is 0.337 e. The molecule has 104 valence electrons. The monoisotopic (exact) mass is 333 g/mol. The number of methoxy groups -OCH3 is 1. The largest absolute Gasteiger partial charge is 0.465 e. The van der Waals surface area contributed by atoms with Crippen molar-refractivity contribution in [2.75, 3.05) is 12.4 Å². The van der Waals surface area contributed by atoms with Crippen LogP contribution in [0.15, 0.2) is 53.0 Å². The van der Waals surface area contributed by atoms with Crippen LogP contribution in [0.1, 0.15) is 28.9 Å². The summed E-state index contributed by atoms with van der Waals surface area (Å²) in [6.45, 7) is 2.09. The lowest BCUT2D eigenvalue weighted by molar-refractivity contribution is 0.0601. The maximum atomic E-state index is 11.4. The summed E-state index contributed by atoms with van der Waals surface area (Å²) in [6.07, 6.45) is 0. The van der Waals surface area contributed by atoms with Crippen LogP contribution < -0.4 is 5.32 Å². The highest BCUT2D eigenvalue weighted by molar-refractivity contribution is 9.10. The molecule has 2 aromatic rings. The summed E-state index contributed by atoms with van der Waals surface area (Å²) < 4.78 is 5.74. The van der Waals surface area contributed by atoms with Gasteiger partial charge >= 0.3 is 5.97 Å². The van der Waals surface area contributed by atoms with Gasteiger partial charge in [0.2, 0.25) is 0 Å². The molecule has 0 saturated carbocycles. The molecule has 4 heteroatoms. The van der Waals surface area contributed by atoms with Crippen molar-refractivity contribution < 1.29 is 9.53 Å². The Kier molecular flexibility index (Phi) is 4.79. The Hall–Kier alpha value is -1.81. The second-order valence-corrected chi connectivity index (χ2v) is 5.41. The number of anilines is 1. The van der Waals surface area contributed by atoms with Crippen LogP contribution in [0, 0.1) is 0 Å². The van der Waals surface area contributed by atoms with Gasteiger partial charge < -0.3 is 10.1 Å². The highest BCUT2D eigenvalue weighted by atomic mass is 79.9. The van der Waals surface area contributed by atoms with Crippen LogP contribution in [-0.2, 0) is 4.74 Å². The first kappa shape index (κ1) is 14.6. The molecule has 0 aliphatic heterocycles. The highest BCUT2D eigenvalue weighted by Crippen LogP contribution is 2.22. The Morgan fingerprint density at radius 2 is 1.90 bits per heavy atom. The summed E-state index contributed by atoms with van der Waals surface area (Å²) in [5.74, 6) is -0.323. The van der Waals surface area contributed by atoms with E-state index < -0.39 is 0 Å². The van der Waals surface area contributed by atoms with E-state index in [1.165, 1.54) is 12.7 Å². The number of carbonyl (C=O) groups is 1. The molecule has 0 aliphatic rings. The molecular formula is C16H16BrNO2. The number of halogens is 1. The van der Waals surface area contributed by atoms with Crippen molar-refractivity contribution in [1.29, 1.82) is 0 Å². The van der Waals surface area contributed by atoms with Gasteiger partial charge in [-0.05, 0) is 48.9 Å². The summed E-state index contributed by atoms with van der Waals surface area (Å²) in [7, 11) is 1.38. The number of ether oxygens (including phenoxy) is 1. The number of nitrogens with one attached hydrogen (secondary N) is 1. The van der Waals surface area contributed by atoms with E-state index in [9.17, 15) is 4.79 Å². The van der Waals surface area contributed by atoms with Gasteiger partial charge in [0.1, 0.15) is 0 Å². The van der Waals surface area contributed by atoms with Gasteiger partial charge in [-0.1, -0.05) is 28.1 Å². The molecule has 20 heavy (non-hydrogen) atoms. The molecule has 0 saturated heterocycles. The van der Waals surface area contributed by atoms with Crippen LogP contribution in [0.4, 0.5) is 5.69 Å². The lowest BCUT2D eigenvalue weighted by atomic mass is 10.1. The molecule has 1 N–H and O–H groups in total. The van der Waals surface area contributed by atoms with Gasteiger partial charge in [0.25, 0.3) is 0 Å². The minimum absolute atomic E-state index is 0.177. The van der Waals surface area contributed by atoms with E-state index in [1.807, 2.05) is 24.3 Å². The predicted octanol–water partition coefficient (Wildman–Crippen LogP) is 4.41. The molecule has 1 atom stereocenters. The summed E-state index contributed by atoms with van der Waals surface area (Å²) in [6, 6.07) is 15.6. The van der Waals surface area contributed by atoms with E-state index in [-0.39, 0.29) is 12.0 Å². The van der Waals surface area contributed by atoms with E-state index in [0.717, 1.165) is 10.2 Å². The fourth-order valence-electron chi connectivity index (χ4n) is 1.93. The zero-order valence-corrected chi connectivity index (χ0v) is 13.0. The number of benzene rings is 2. The quantitative estimate of drug-likeness (QED) is 0.842. The number of rotatable bonds is 4.